The van der Waals surface area contributed by atoms with Crippen LogP contribution < -0.4 is 10.6 Å². The van der Waals surface area contributed by atoms with E-state index in [2.05, 4.69) is 34.4 Å². The fourth-order valence-corrected chi connectivity index (χ4v) is 2.93. The summed E-state index contributed by atoms with van der Waals surface area (Å²) in [7, 11) is 3.45. The first-order valence-electron chi connectivity index (χ1n) is 8.71. The van der Waals surface area contributed by atoms with Crippen molar-refractivity contribution in [2.75, 3.05) is 40.3 Å². The van der Waals surface area contributed by atoms with Crippen molar-refractivity contribution in [1.29, 1.82) is 0 Å². The molecule has 0 aliphatic carbocycles. The molecule has 0 saturated carbocycles. The second-order valence-electron chi connectivity index (χ2n) is 7.35. The van der Waals surface area contributed by atoms with Crippen LogP contribution >= 0.6 is 0 Å². The number of likely N-dealkylation sites (N-methyl/N-ethyl adjacent to an activating group) is 1. The first kappa shape index (κ1) is 20.3. The molecule has 0 aromatic carbocycles. The van der Waals surface area contributed by atoms with Crippen LogP contribution in [0.15, 0.2) is 4.99 Å². The summed E-state index contributed by atoms with van der Waals surface area (Å²) in [4.78, 5) is 31.9. The molecule has 1 heterocycles. The SMILES string of the molecule is CC1CC(C)CN(C(=NCC(=O)NC(C)C)NCC(=O)N(C)C)C1. The van der Waals surface area contributed by atoms with Gasteiger partial charge in [0, 0.05) is 33.2 Å². The monoisotopic (exact) mass is 339 g/mol. The lowest BCUT2D eigenvalue weighted by Crippen LogP contribution is -2.50. The normalized spacial score (nSPS) is 21.6. The highest BCUT2D eigenvalue weighted by Gasteiger charge is 2.24. The maximum atomic E-state index is 11.9. The summed E-state index contributed by atoms with van der Waals surface area (Å²) >= 11 is 0. The molecule has 24 heavy (non-hydrogen) atoms. The molecule has 0 aromatic heterocycles. The molecule has 0 aromatic rings. The molecule has 7 heteroatoms. The predicted octanol–water partition coefficient (Wildman–Crippen LogP) is 0.523. The Bertz CT molecular complexity index is 452. The largest absolute Gasteiger partial charge is 0.352 e. The lowest BCUT2D eigenvalue weighted by molar-refractivity contribution is -0.127. The van der Waals surface area contributed by atoms with Crippen LogP contribution in [0.25, 0.3) is 0 Å². The van der Waals surface area contributed by atoms with Crippen LogP contribution in [0, 0.1) is 11.8 Å². The molecular formula is C17H33N5O2. The lowest BCUT2D eigenvalue weighted by atomic mass is 9.92. The minimum Gasteiger partial charge on any atom is -0.352 e. The van der Waals surface area contributed by atoms with Gasteiger partial charge in [-0.1, -0.05) is 13.8 Å². The summed E-state index contributed by atoms with van der Waals surface area (Å²) in [6.45, 7) is 10.3. The van der Waals surface area contributed by atoms with Crippen LogP contribution in [0.2, 0.25) is 0 Å². The number of hydrogen-bond donors (Lipinski definition) is 2. The highest BCUT2D eigenvalue weighted by atomic mass is 16.2. The molecule has 2 amide bonds. The van der Waals surface area contributed by atoms with E-state index in [0.717, 1.165) is 13.1 Å². The molecule has 1 fully saturated rings. The third-order valence-corrected chi connectivity index (χ3v) is 3.89. The van der Waals surface area contributed by atoms with E-state index in [-0.39, 0.29) is 30.9 Å². The number of piperidine rings is 1. The second-order valence-corrected chi connectivity index (χ2v) is 7.35. The van der Waals surface area contributed by atoms with Gasteiger partial charge in [0.25, 0.3) is 0 Å². The summed E-state index contributed by atoms with van der Waals surface area (Å²) in [5, 5.41) is 5.96. The number of hydrogen-bond acceptors (Lipinski definition) is 3. The number of likely N-dealkylation sites (tertiary alicyclic amines) is 1. The van der Waals surface area contributed by atoms with Crippen LogP contribution in [0.3, 0.4) is 0 Å². The van der Waals surface area contributed by atoms with Crippen molar-refractivity contribution in [3.8, 4) is 0 Å². The molecule has 1 saturated heterocycles. The average Bonchev–Trinajstić information content (AvgIpc) is 2.44. The number of amides is 2. The number of carbonyl (C=O) groups is 2. The van der Waals surface area contributed by atoms with Gasteiger partial charge in [-0.2, -0.15) is 0 Å². The van der Waals surface area contributed by atoms with Crippen molar-refractivity contribution in [3.05, 3.63) is 0 Å². The maximum Gasteiger partial charge on any atom is 0.242 e. The first-order valence-corrected chi connectivity index (χ1v) is 8.71. The third kappa shape index (κ3) is 7.19. The van der Waals surface area contributed by atoms with E-state index < -0.39 is 0 Å². The Morgan fingerprint density at radius 1 is 1.21 bits per heavy atom. The van der Waals surface area contributed by atoms with Crippen molar-refractivity contribution in [2.45, 2.75) is 40.2 Å². The summed E-state index contributed by atoms with van der Waals surface area (Å²) in [5.74, 6) is 1.64. The van der Waals surface area contributed by atoms with E-state index in [1.807, 2.05) is 13.8 Å². The minimum absolute atomic E-state index is 0.0209. The van der Waals surface area contributed by atoms with Crippen molar-refractivity contribution >= 4 is 17.8 Å². The topological polar surface area (TPSA) is 77.0 Å². The summed E-state index contributed by atoms with van der Waals surface area (Å²) < 4.78 is 0. The zero-order valence-corrected chi connectivity index (χ0v) is 15.9. The molecule has 138 valence electrons. The number of nitrogens with one attached hydrogen (secondary N) is 2. The predicted molar refractivity (Wildman–Crippen MR) is 96.8 cm³/mol. The first-order chi connectivity index (χ1) is 11.2. The fourth-order valence-electron chi connectivity index (χ4n) is 2.93. The molecule has 2 unspecified atom stereocenters. The minimum atomic E-state index is -0.110. The zero-order valence-electron chi connectivity index (χ0n) is 15.9. The van der Waals surface area contributed by atoms with Crippen molar-refractivity contribution in [2.24, 2.45) is 16.8 Å². The Balaban J connectivity index is 2.77. The van der Waals surface area contributed by atoms with Gasteiger partial charge in [-0.05, 0) is 32.1 Å². The smallest absolute Gasteiger partial charge is 0.242 e. The van der Waals surface area contributed by atoms with Gasteiger partial charge in [0.2, 0.25) is 11.8 Å². The third-order valence-electron chi connectivity index (χ3n) is 3.89. The standard InChI is InChI=1S/C17H33N5O2/c1-12(2)20-15(23)8-18-17(19-9-16(24)21(5)6)22-10-13(3)7-14(4)11-22/h12-14H,7-11H2,1-6H3,(H,18,19)(H,20,23). The van der Waals surface area contributed by atoms with Crippen LogP contribution in [-0.2, 0) is 9.59 Å². The van der Waals surface area contributed by atoms with Gasteiger partial charge < -0.3 is 20.4 Å². The lowest BCUT2D eigenvalue weighted by Gasteiger charge is -2.37. The van der Waals surface area contributed by atoms with Gasteiger partial charge in [0.05, 0.1) is 6.54 Å². The van der Waals surface area contributed by atoms with E-state index in [0.29, 0.717) is 17.8 Å². The molecule has 2 N–H and O–H groups in total. The van der Waals surface area contributed by atoms with Gasteiger partial charge in [-0.25, -0.2) is 4.99 Å². The van der Waals surface area contributed by atoms with Gasteiger partial charge in [-0.3, -0.25) is 9.59 Å². The van der Waals surface area contributed by atoms with Crippen molar-refractivity contribution in [3.63, 3.8) is 0 Å². The highest BCUT2D eigenvalue weighted by Crippen LogP contribution is 2.20. The molecule has 1 aliphatic rings. The number of carbonyl (C=O) groups excluding carboxylic acids is 2. The van der Waals surface area contributed by atoms with E-state index >= 15 is 0 Å². The van der Waals surface area contributed by atoms with Gasteiger partial charge >= 0.3 is 0 Å². The molecule has 0 bridgehead atoms. The molecule has 2 atom stereocenters. The fraction of sp³-hybridized carbons (Fsp3) is 0.824. The Hall–Kier alpha value is -1.79. The molecule has 1 aliphatic heterocycles. The van der Waals surface area contributed by atoms with Crippen LogP contribution in [-0.4, -0.2) is 73.9 Å². The van der Waals surface area contributed by atoms with Crippen molar-refractivity contribution < 1.29 is 9.59 Å². The zero-order chi connectivity index (χ0) is 18.3. The maximum absolute atomic E-state index is 11.9. The Labute approximate surface area is 145 Å². The van der Waals surface area contributed by atoms with Gasteiger partial charge in [-0.15, -0.1) is 0 Å². The molecule has 1 rings (SSSR count). The Kier molecular flexibility index (Phi) is 8.01. The van der Waals surface area contributed by atoms with Crippen LogP contribution in [0.5, 0.6) is 0 Å². The number of guanidine groups is 1. The Morgan fingerprint density at radius 2 is 1.79 bits per heavy atom. The molecular weight excluding hydrogens is 306 g/mol. The summed E-state index contributed by atoms with van der Waals surface area (Å²) in [6, 6.07) is 0.0921. The van der Waals surface area contributed by atoms with E-state index in [1.165, 1.54) is 11.3 Å². The van der Waals surface area contributed by atoms with E-state index in [9.17, 15) is 9.59 Å². The highest BCUT2D eigenvalue weighted by molar-refractivity contribution is 5.88. The number of rotatable bonds is 5. The quantitative estimate of drug-likeness (QED) is 0.566. The Morgan fingerprint density at radius 3 is 2.29 bits per heavy atom. The molecule has 0 radical (unpaired) electrons. The average molecular weight is 339 g/mol. The molecule has 7 nitrogen and oxygen atoms in total. The van der Waals surface area contributed by atoms with E-state index in [4.69, 9.17) is 0 Å². The summed E-state index contributed by atoms with van der Waals surface area (Å²) in [5.41, 5.74) is 0. The molecule has 0 spiro atoms. The van der Waals surface area contributed by atoms with Gasteiger partial charge in [0.1, 0.15) is 6.54 Å². The number of nitrogens with zero attached hydrogens (tertiary/aromatic N) is 3. The van der Waals surface area contributed by atoms with Crippen LogP contribution in [0.1, 0.15) is 34.1 Å². The van der Waals surface area contributed by atoms with E-state index in [1.54, 1.807) is 14.1 Å². The summed E-state index contributed by atoms with van der Waals surface area (Å²) in [6.07, 6.45) is 1.19. The van der Waals surface area contributed by atoms with Crippen LogP contribution in [0.4, 0.5) is 0 Å². The second kappa shape index (κ2) is 9.49. The number of aliphatic imine (C=N–C) groups is 1. The van der Waals surface area contributed by atoms with Gasteiger partial charge in [0.15, 0.2) is 5.96 Å². The van der Waals surface area contributed by atoms with Crippen molar-refractivity contribution in [1.82, 2.24) is 20.4 Å².